The van der Waals surface area contributed by atoms with Crippen molar-refractivity contribution >= 4 is 11.9 Å². The normalized spacial score (nSPS) is 11.5. The molecular formula is C19H20FNO4. The van der Waals surface area contributed by atoms with E-state index in [1.807, 2.05) is 0 Å². The molecule has 2 aromatic carbocycles. The van der Waals surface area contributed by atoms with Gasteiger partial charge in [0.05, 0.1) is 26.2 Å². The van der Waals surface area contributed by atoms with Gasteiger partial charge in [-0.05, 0) is 48.9 Å². The number of carbonyl (C=O) groups excluding carboxylic acids is 2. The summed E-state index contributed by atoms with van der Waals surface area (Å²) >= 11 is 0. The topological polar surface area (TPSA) is 64.6 Å². The van der Waals surface area contributed by atoms with Gasteiger partial charge in [0, 0.05) is 5.56 Å². The number of esters is 1. The van der Waals surface area contributed by atoms with Gasteiger partial charge in [-0.3, -0.25) is 9.59 Å². The summed E-state index contributed by atoms with van der Waals surface area (Å²) < 4.78 is 23.1. The van der Waals surface area contributed by atoms with Crippen molar-refractivity contribution in [3.05, 3.63) is 65.5 Å². The quantitative estimate of drug-likeness (QED) is 0.783. The van der Waals surface area contributed by atoms with Gasteiger partial charge in [0.25, 0.3) is 5.91 Å². The second kappa shape index (κ2) is 8.82. The van der Waals surface area contributed by atoms with Gasteiger partial charge in [-0.1, -0.05) is 12.1 Å². The third-order valence-corrected chi connectivity index (χ3v) is 3.61. The van der Waals surface area contributed by atoms with Crippen LogP contribution < -0.4 is 10.1 Å². The molecule has 2 aromatic rings. The number of carbonyl (C=O) groups is 2. The van der Waals surface area contributed by atoms with Gasteiger partial charge >= 0.3 is 5.97 Å². The van der Waals surface area contributed by atoms with E-state index in [0.717, 1.165) is 5.56 Å². The molecule has 0 unspecified atom stereocenters. The van der Waals surface area contributed by atoms with Gasteiger partial charge in [0.1, 0.15) is 11.6 Å². The fourth-order valence-electron chi connectivity index (χ4n) is 2.32. The monoisotopic (exact) mass is 345 g/mol. The number of nitrogens with one attached hydrogen (secondary N) is 1. The van der Waals surface area contributed by atoms with E-state index in [-0.39, 0.29) is 13.0 Å². The smallest absolute Gasteiger partial charge is 0.308 e. The highest BCUT2D eigenvalue weighted by Gasteiger charge is 2.20. The van der Waals surface area contributed by atoms with Crippen LogP contribution in [0.4, 0.5) is 4.39 Å². The number of hydrogen-bond acceptors (Lipinski definition) is 4. The van der Waals surface area contributed by atoms with Gasteiger partial charge in [-0.15, -0.1) is 0 Å². The second-order valence-corrected chi connectivity index (χ2v) is 5.32. The van der Waals surface area contributed by atoms with Gasteiger partial charge in [0.2, 0.25) is 0 Å². The van der Waals surface area contributed by atoms with E-state index in [9.17, 15) is 14.0 Å². The molecule has 0 aliphatic heterocycles. The summed E-state index contributed by atoms with van der Waals surface area (Å²) in [6.07, 6.45) is -0.00684. The molecule has 1 atom stereocenters. The molecule has 6 heteroatoms. The largest absolute Gasteiger partial charge is 0.497 e. The molecule has 0 spiro atoms. The molecule has 0 saturated heterocycles. The van der Waals surface area contributed by atoms with E-state index in [1.54, 1.807) is 38.3 Å². The molecule has 25 heavy (non-hydrogen) atoms. The van der Waals surface area contributed by atoms with Gasteiger partial charge in [-0.2, -0.15) is 0 Å². The van der Waals surface area contributed by atoms with Crippen molar-refractivity contribution in [1.82, 2.24) is 5.32 Å². The molecule has 0 aliphatic carbocycles. The van der Waals surface area contributed by atoms with Crippen molar-refractivity contribution in [2.24, 2.45) is 0 Å². The Morgan fingerprint density at radius 2 is 1.72 bits per heavy atom. The summed E-state index contributed by atoms with van der Waals surface area (Å²) in [5.74, 6) is -0.564. The Morgan fingerprint density at radius 3 is 2.28 bits per heavy atom. The van der Waals surface area contributed by atoms with Crippen molar-refractivity contribution in [2.45, 2.75) is 19.4 Å². The fraction of sp³-hybridized carbons (Fsp3) is 0.263. The van der Waals surface area contributed by atoms with E-state index < -0.39 is 23.7 Å². The lowest BCUT2D eigenvalue weighted by molar-refractivity contribution is -0.143. The first-order valence-corrected chi connectivity index (χ1v) is 7.89. The molecule has 5 nitrogen and oxygen atoms in total. The molecule has 0 fully saturated rings. The Balaban J connectivity index is 2.19. The zero-order valence-corrected chi connectivity index (χ0v) is 14.1. The standard InChI is InChI=1S/C19H20FNO4/c1-3-25-18(22)12-17(13-6-10-16(24-2)11-7-13)21-19(23)14-4-8-15(20)9-5-14/h4-11,17H,3,12H2,1-2H3,(H,21,23)/t17-/m1/s1. The molecule has 0 bridgehead atoms. The highest BCUT2D eigenvalue weighted by atomic mass is 19.1. The van der Waals surface area contributed by atoms with E-state index in [2.05, 4.69) is 5.32 Å². The highest BCUT2D eigenvalue weighted by molar-refractivity contribution is 5.94. The predicted molar refractivity (Wildman–Crippen MR) is 90.9 cm³/mol. The molecular weight excluding hydrogens is 325 g/mol. The third-order valence-electron chi connectivity index (χ3n) is 3.61. The summed E-state index contributed by atoms with van der Waals surface area (Å²) in [7, 11) is 1.56. The minimum atomic E-state index is -0.567. The number of hydrogen-bond donors (Lipinski definition) is 1. The van der Waals surface area contributed by atoms with Gasteiger partial charge in [-0.25, -0.2) is 4.39 Å². The molecule has 0 saturated carbocycles. The van der Waals surface area contributed by atoms with Crippen molar-refractivity contribution < 1.29 is 23.5 Å². The summed E-state index contributed by atoms with van der Waals surface area (Å²) in [6, 6.07) is 11.7. The number of rotatable bonds is 7. The van der Waals surface area contributed by atoms with Gasteiger partial charge in [0.15, 0.2) is 0 Å². The van der Waals surface area contributed by atoms with Crippen molar-refractivity contribution in [3.8, 4) is 5.75 Å². The van der Waals surface area contributed by atoms with Crippen molar-refractivity contribution in [2.75, 3.05) is 13.7 Å². The maximum absolute atomic E-state index is 13.0. The minimum absolute atomic E-state index is 0.00684. The Labute approximate surface area is 145 Å². The lowest BCUT2D eigenvalue weighted by atomic mass is 10.0. The fourth-order valence-corrected chi connectivity index (χ4v) is 2.32. The van der Waals surface area contributed by atoms with Crippen LogP contribution in [0, 0.1) is 5.82 Å². The van der Waals surface area contributed by atoms with Crippen LogP contribution in [-0.4, -0.2) is 25.6 Å². The Hall–Kier alpha value is -2.89. The average molecular weight is 345 g/mol. The zero-order valence-electron chi connectivity index (χ0n) is 14.1. The number of methoxy groups -OCH3 is 1. The molecule has 1 amide bonds. The Bertz CT molecular complexity index is 713. The first kappa shape index (κ1) is 18.4. The molecule has 2 rings (SSSR count). The van der Waals surface area contributed by atoms with Crippen molar-refractivity contribution in [1.29, 1.82) is 0 Å². The predicted octanol–water partition coefficient (Wildman–Crippen LogP) is 3.26. The lowest BCUT2D eigenvalue weighted by Gasteiger charge is -2.19. The van der Waals surface area contributed by atoms with Crippen LogP contribution in [0.1, 0.15) is 35.3 Å². The molecule has 1 N–H and O–H groups in total. The average Bonchev–Trinajstić information content (AvgIpc) is 2.62. The van der Waals surface area contributed by atoms with E-state index in [4.69, 9.17) is 9.47 Å². The third kappa shape index (κ3) is 5.31. The minimum Gasteiger partial charge on any atom is -0.497 e. The van der Waals surface area contributed by atoms with E-state index in [0.29, 0.717) is 11.3 Å². The van der Waals surface area contributed by atoms with Crippen LogP contribution in [-0.2, 0) is 9.53 Å². The summed E-state index contributed by atoms with van der Waals surface area (Å²) in [5.41, 5.74) is 1.05. The van der Waals surface area contributed by atoms with Crippen LogP contribution in [0.3, 0.4) is 0 Å². The summed E-state index contributed by atoms with van der Waals surface area (Å²) in [6.45, 7) is 1.98. The molecule has 132 valence electrons. The summed E-state index contributed by atoms with van der Waals surface area (Å²) in [4.78, 5) is 24.3. The van der Waals surface area contributed by atoms with Crippen LogP contribution in [0.25, 0.3) is 0 Å². The number of benzene rings is 2. The van der Waals surface area contributed by atoms with E-state index in [1.165, 1.54) is 24.3 Å². The Morgan fingerprint density at radius 1 is 1.08 bits per heavy atom. The second-order valence-electron chi connectivity index (χ2n) is 5.32. The maximum atomic E-state index is 13.0. The van der Waals surface area contributed by atoms with Crippen LogP contribution >= 0.6 is 0 Å². The number of ether oxygens (including phenoxy) is 2. The van der Waals surface area contributed by atoms with E-state index >= 15 is 0 Å². The van der Waals surface area contributed by atoms with Gasteiger partial charge < -0.3 is 14.8 Å². The molecule has 0 aliphatic rings. The number of halogens is 1. The SMILES string of the molecule is CCOC(=O)C[C@@H](NC(=O)c1ccc(F)cc1)c1ccc(OC)cc1. The van der Waals surface area contributed by atoms with Crippen molar-refractivity contribution in [3.63, 3.8) is 0 Å². The molecule has 0 aromatic heterocycles. The van der Waals surface area contributed by atoms with Crippen LogP contribution in [0.2, 0.25) is 0 Å². The number of amides is 1. The maximum Gasteiger partial charge on any atom is 0.308 e. The molecule has 0 radical (unpaired) electrons. The summed E-state index contributed by atoms with van der Waals surface area (Å²) in [5, 5.41) is 2.79. The first-order chi connectivity index (χ1) is 12.0. The highest BCUT2D eigenvalue weighted by Crippen LogP contribution is 2.21. The zero-order chi connectivity index (χ0) is 18.2. The van der Waals surface area contributed by atoms with Crippen LogP contribution in [0.15, 0.2) is 48.5 Å². The molecule has 0 heterocycles. The Kier molecular flexibility index (Phi) is 6.51. The first-order valence-electron chi connectivity index (χ1n) is 7.89. The van der Waals surface area contributed by atoms with Crippen LogP contribution in [0.5, 0.6) is 5.75 Å². The lowest BCUT2D eigenvalue weighted by Crippen LogP contribution is -2.30.